The van der Waals surface area contributed by atoms with Crippen LogP contribution < -0.4 is 5.32 Å². The van der Waals surface area contributed by atoms with Gasteiger partial charge in [-0.3, -0.25) is 9.78 Å². The maximum Gasteiger partial charge on any atom is 0.272 e. The van der Waals surface area contributed by atoms with Gasteiger partial charge in [0.25, 0.3) is 5.91 Å². The van der Waals surface area contributed by atoms with E-state index < -0.39 is 0 Å². The van der Waals surface area contributed by atoms with Crippen molar-refractivity contribution in [3.63, 3.8) is 0 Å². The summed E-state index contributed by atoms with van der Waals surface area (Å²) in [5.74, 6) is 2.21. The van der Waals surface area contributed by atoms with E-state index in [4.69, 9.17) is 0 Å². The Hall–Kier alpha value is -2.24. The number of hydrogen-bond acceptors (Lipinski definition) is 4. The molecule has 2 aliphatic carbocycles. The fourth-order valence-corrected chi connectivity index (χ4v) is 3.32. The Balaban J connectivity index is 1.72. The van der Waals surface area contributed by atoms with Crippen LogP contribution in [-0.4, -0.2) is 31.7 Å². The highest BCUT2D eigenvalue weighted by atomic mass is 16.2. The molecule has 1 N–H and O–H groups in total. The van der Waals surface area contributed by atoms with Crippen LogP contribution in [0.15, 0.2) is 18.6 Å². The van der Waals surface area contributed by atoms with E-state index in [0.29, 0.717) is 29.3 Å². The third-order valence-corrected chi connectivity index (χ3v) is 5.10. The van der Waals surface area contributed by atoms with E-state index in [1.807, 2.05) is 11.6 Å². The number of carbonyl (C=O) groups is 1. The first-order valence-corrected chi connectivity index (χ1v) is 8.25. The molecule has 4 rings (SSSR count). The lowest BCUT2D eigenvalue weighted by Crippen LogP contribution is -2.36. The molecule has 6 heteroatoms. The molecule has 0 radical (unpaired) electrons. The zero-order chi connectivity index (χ0) is 16.1. The van der Waals surface area contributed by atoms with Gasteiger partial charge in [-0.1, -0.05) is 13.8 Å². The highest BCUT2D eigenvalue weighted by Gasteiger charge is 2.50. The molecule has 6 nitrogen and oxygen atoms in total. The van der Waals surface area contributed by atoms with Crippen LogP contribution in [-0.2, 0) is 6.42 Å². The summed E-state index contributed by atoms with van der Waals surface area (Å²) in [5, 5.41) is 7.66. The number of nitrogens with one attached hydrogen (secondary N) is 1. The van der Waals surface area contributed by atoms with Crippen LogP contribution in [0.5, 0.6) is 0 Å². The first-order chi connectivity index (χ1) is 11.1. The molecule has 1 amide bonds. The van der Waals surface area contributed by atoms with Gasteiger partial charge in [0.2, 0.25) is 0 Å². The number of amides is 1. The molecule has 23 heavy (non-hydrogen) atoms. The van der Waals surface area contributed by atoms with E-state index in [9.17, 15) is 4.79 Å². The Labute approximate surface area is 135 Å². The zero-order valence-corrected chi connectivity index (χ0v) is 13.7. The normalized spacial score (nSPS) is 22.6. The Morgan fingerprint density at radius 2 is 2.17 bits per heavy atom. The fraction of sp³-hybridized carbons (Fsp3) is 0.529. The number of fused-ring (bicyclic) bond motifs is 3. The van der Waals surface area contributed by atoms with Gasteiger partial charge >= 0.3 is 0 Å². The van der Waals surface area contributed by atoms with Crippen molar-refractivity contribution in [2.75, 3.05) is 0 Å². The number of rotatable bonds is 4. The standard InChI is InChI=1S/C17H21N5O/c1-9(2)10(3)20-17(23)15-13-7-11-6-12(11)16(13)22(21-15)14-8-18-4-5-19-14/h4-5,8-12H,6-7H2,1-3H3,(H,20,23)/t10-,11-,12-/m1/s1. The molecule has 2 aliphatic rings. The average molecular weight is 311 g/mol. The topological polar surface area (TPSA) is 72.7 Å². The Morgan fingerprint density at radius 1 is 1.35 bits per heavy atom. The van der Waals surface area contributed by atoms with Gasteiger partial charge in [-0.25, -0.2) is 9.67 Å². The molecule has 0 aliphatic heterocycles. The molecule has 2 aromatic heterocycles. The Bertz CT molecular complexity index is 752. The van der Waals surface area contributed by atoms with Crippen LogP contribution in [0, 0.1) is 11.8 Å². The first kappa shape index (κ1) is 14.4. The van der Waals surface area contributed by atoms with E-state index in [-0.39, 0.29) is 11.9 Å². The van der Waals surface area contributed by atoms with E-state index in [1.54, 1.807) is 18.6 Å². The second kappa shape index (κ2) is 5.15. The molecule has 0 unspecified atom stereocenters. The number of nitrogens with zero attached hydrogens (tertiary/aromatic N) is 4. The Kier molecular flexibility index (Phi) is 3.21. The van der Waals surface area contributed by atoms with Crippen LogP contribution in [0.4, 0.5) is 0 Å². The molecule has 120 valence electrons. The molecule has 0 spiro atoms. The van der Waals surface area contributed by atoms with E-state index >= 15 is 0 Å². The van der Waals surface area contributed by atoms with E-state index in [1.165, 1.54) is 6.42 Å². The van der Waals surface area contributed by atoms with Crippen molar-refractivity contribution >= 4 is 5.91 Å². The lowest BCUT2D eigenvalue weighted by atomic mass is 10.1. The van der Waals surface area contributed by atoms with Crippen LogP contribution in [0.1, 0.15) is 54.9 Å². The predicted molar refractivity (Wildman–Crippen MR) is 85.5 cm³/mol. The lowest BCUT2D eigenvalue weighted by Gasteiger charge is -2.16. The summed E-state index contributed by atoms with van der Waals surface area (Å²) >= 11 is 0. The van der Waals surface area contributed by atoms with Crippen molar-refractivity contribution in [1.29, 1.82) is 0 Å². The monoisotopic (exact) mass is 311 g/mol. The van der Waals surface area contributed by atoms with Crippen molar-refractivity contribution in [3.8, 4) is 5.82 Å². The minimum atomic E-state index is -0.0774. The van der Waals surface area contributed by atoms with Gasteiger partial charge in [-0.15, -0.1) is 0 Å². The summed E-state index contributed by atoms with van der Waals surface area (Å²) in [4.78, 5) is 21.1. The quantitative estimate of drug-likeness (QED) is 0.938. The minimum absolute atomic E-state index is 0.0774. The van der Waals surface area contributed by atoms with Gasteiger partial charge in [-0.05, 0) is 31.6 Å². The maximum absolute atomic E-state index is 12.7. The van der Waals surface area contributed by atoms with Gasteiger partial charge in [0.1, 0.15) is 0 Å². The van der Waals surface area contributed by atoms with Crippen LogP contribution in [0.25, 0.3) is 5.82 Å². The molecule has 2 aromatic rings. The molecule has 0 saturated heterocycles. The van der Waals surface area contributed by atoms with E-state index in [0.717, 1.165) is 17.7 Å². The minimum Gasteiger partial charge on any atom is -0.348 e. The summed E-state index contributed by atoms with van der Waals surface area (Å²) in [6, 6.07) is 0.121. The molecule has 0 aromatic carbocycles. The van der Waals surface area contributed by atoms with Gasteiger partial charge in [0.15, 0.2) is 11.5 Å². The molecular formula is C17H21N5O. The summed E-state index contributed by atoms with van der Waals surface area (Å²) in [6.45, 7) is 6.23. The highest BCUT2D eigenvalue weighted by Crippen LogP contribution is 2.57. The van der Waals surface area contributed by atoms with Crippen LogP contribution in [0.3, 0.4) is 0 Å². The highest BCUT2D eigenvalue weighted by molar-refractivity contribution is 5.94. The number of hydrogen-bond donors (Lipinski definition) is 1. The molecule has 1 saturated carbocycles. The SMILES string of the molecule is CC(C)[C@@H](C)NC(=O)c1nn(-c2cnccn2)c2c1C[C@H]1C[C@@H]21. The van der Waals surface area contributed by atoms with Crippen molar-refractivity contribution in [1.82, 2.24) is 25.1 Å². The van der Waals surface area contributed by atoms with Crippen molar-refractivity contribution in [2.24, 2.45) is 11.8 Å². The van der Waals surface area contributed by atoms with Crippen molar-refractivity contribution < 1.29 is 4.79 Å². The predicted octanol–water partition coefficient (Wildman–Crippen LogP) is 2.10. The molecule has 1 fully saturated rings. The fourth-order valence-electron chi connectivity index (χ4n) is 3.32. The second-order valence-corrected chi connectivity index (χ2v) is 7.00. The van der Waals surface area contributed by atoms with Crippen LogP contribution >= 0.6 is 0 Å². The smallest absolute Gasteiger partial charge is 0.272 e. The summed E-state index contributed by atoms with van der Waals surface area (Å²) in [6.07, 6.45) is 7.15. The van der Waals surface area contributed by atoms with Gasteiger partial charge in [-0.2, -0.15) is 5.10 Å². The van der Waals surface area contributed by atoms with E-state index in [2.05, 4.69) is 34.2 Å². The molecule has 3 atom stereocenters. The third-order valence-electron chi connectivity index (χ3n) is 5.10. The number of aromatic nitrogens is 4. The molecule has 2 heterocycles. The average Bonchev–Trinajstić information content (AvgIpc) is 3.04. The largest absolute Gasteiger partial charge is 0.348 e. The summed E-state index contributed by atoms with van der Waals surface area (Å²) in [7, 11) is 0. The van der Waals surface area contributed by atoms with Gasteiger partial charge in [0.05, 0.1) is 11.9 Å². The summed E-state index contributed by atoms with van der Waals surface area (Å²) in [5.41, 5.74) is 2.83. The molecular weight excluding hydrogens is 290 g/mol. The lowest BCUT2D eigenvalue weighted by molar-refractivity contribution is 0.0924. The second-order valence-electron chi connectivity index (χ2n) is 7.00. The van der Waals surface area contributed by atoms with Gasteiger partial charge in [0, 0.05) is 29.9 Å². The van der Waals surface area contributed by atoms with Crippen molar-refractivity contribution in [2.45, 2.75) is 45.6 Å². The summed E-state index contributed by atoms with van der Waals surface area (Å²) < 4.78 is 1.83. The van der Waals surface area contributed by atoms with Gasteiger partial charge < -0.3 is 5.32 Å². The van der Waals surface area contributed by atoms with Crippen LogP contribution in [0.2, 0.25) is 0 Å². The van der Waals surface area contributed by atoms with Crippen molar-refractivity contribution in [3.05, 3.63) is 35.5 Å². The Morgan fingerprint density at radius 3 is 2.87 bits per heavy atom. The molecule has 0 bridgehead atoms. The zero-order valence-electron chi connectivity index (χ0n) is 13.7. The number of carbonyl (C=O) groups excluding carboxylic acids is 1. The third kappa shape index (κ3) is 2.33. The first-order valence-electron chi connectivity index (χ1n) is 8.25. The maximum atomic E-state index is 12.7.